The number of nitrogens with two attached hydrogens (primary N) is 1. The first-order valence-corrected chi connectivity index (χ1v) is 12.0. The topological polar surface area (TPSA) is 92.8 Å². The summed E-state index contributed by atoms with van der Waals surface area (Å²) < 4.78 is 5.83. The smallest absolute Gasteiger partial charge is 0.411 e. The number of rotatable bonds is 4. The predicted molar refractivity (Wildman–Crippen MR) is 129 cm³/mol. The maximum absolute atomic E-state index is 12.9. The molecule has 3 heterocycles. The number of hydrogen-bond donors (Lipinski definition) is 2. The van der Waals surface area contributed by atoms with Gasteiger partial charge >= 0.3 is 6.09 Å². The van der Waals surface area contributed by atoms with Crippen molar-refractivity contribution in [3.8, 4) is 0 Å². The molecule has 2 fully saturated rings. The van der Waals surface area contributed by atoms with E-state index in [1.807, 2.05) is 43.1 Å². The molecule has 0 radical (unpaired) electrons. The standard InChI is InChI=1S/C26H33N5O2/c1-26(2)22(18-7-4-3-5-8-18)31(25(32)33-26)20-11-9-17(10-12-20)19-15-21(23(27)30-16-19)24-28-13-6-14-29-24/h3-5,7-8,15-17,20,22H,6,9-14H2,1-2H3,(H2,27,30)(H,28,29)/t17-,20+,22-/m0/s1. The number of aliphatic imine (C=N–C) groups is 1. The second-order valence-corrected chi connectivity index (χ2v) is 9.91. The summed E-state index contributed by atoms with van der Waals surface area (Å²) in [6.45, 7) is 5.76. The normalized spacial score (nSPS) is 27.0. The number of amidine groups is 1. The molecule has 0 spiro atoms. The Bertz CT molecular complexity index is 1040. The van der Waals surface area contributed by atoms with Crippen LogP contribution in [0, 0.1) is 0 Å². The van der Waals surface area contributed by atoms with Crippen molar-refractivity contribution in [2.75, 3.05) is 18.8 Å². The van der Waals surface area contributed by atoms with Crippen LogP contribution in [0.1, 0.15) is 74.6 Å². The average molecular weight is 448 g/mol. The number of nitrogen functional groups attached to an aromatic ring is 1. The lowest BCUT2D eigenvalue weighted by atomic mass is 9.80. The van der Waals surface area contributed by atoms with Gasteiger partial charge in [-0.25, -0.2) is 9.78 Å². The summed E-state index contributed by atoms with van der Waals surface area (Å²) in [7, 11) is 0. The Labute approximate surface area is 195 Å². The molecule has 5 rings (SSSR count). The van der Waals surface area contributed by atoms with Crippen molar-refractivity contribution in [3.63, 3.8) is 0 Å². The number of carbonyl (C=O) groups excluding carboxylic acids is 1. The number of nitrogens with zero attached hydrogens (tertiary/aromatic N) is 3. The number of carbonyl (C=O) groups is 1. The summed E-state index contributed by atoms with van der Waals surface area (Å²) in [5, 5.41) is 3.36. The molecule has 1 atom stereocenters. The Morgan fingerprint density at radius 3 is 2.58 bits per heavy atom. The van der Waals surface area contributed by atoms with Gasteiger partial charge in [0.1, 0.15) is 17.3 Å². The lowest BCUT2D eigenvalue weighted by Crippen LogP contribution is -2.42. The predicted octanol–water partition coefficient (Wildman–Crippen LogP) is 4.40. The zero-order valence-corrected chi connectivity index (χ0v) is 19.5. The number of hydrogen-bond acceptors (Lipinski definition) is 6. The van der Waals surface area contributed by atoms with E-state index in [1.54, 1.807) is 0 Å². The summed E-state index contributed by atoms with van der Waals surface area (Å²) in [5.41, 5.74) is 8.86. The molecule has 1 aromatic heterocycles. The molecule has 0 unspecified atom stereocenters. The summed E-state index contributed by atoms with van der Waals surface area (Å²) in [4.78, 5) is 24.0. The van der Waals surface area contributed by atoms with Crippen molar-refractivity contribution in [1.29, 1.82) is 0 Å². The average Bonchev–Trinajstić information content (AvgIpc) is 3.08. The van der Waals surface area contributed by atoms with E-state index in [2.05, 4.69) is 33.5 Å². The number of aromatic nitrogens is 1. The molecule has 1 aliphatic carbocycles. The highest BCUT2D eigenvalue weighted by atomic mass is 16.6. The zero-order chi connectivity index (χ0) is 23.0. The number of anilines is 1. The van der Waals surface area contributed by atoms with Gasteiger partial charge in [-0.1, -0.05) is 30.3 Å². The highest BCUT2D eigenvalue weighted by molar-refractivity contribution is 6.02. The van der Waals surface area contributed by atoms with E-state index in [0.717, 1.165) is 62.2 Å². The highest BCUT2D eigenvalue weighted by Gasteiger charge is 2.51. The Hall–Kier alpha value is -3.09. The largest absolute Gasteiger partial charge is 0.441 e. The third kappa shape index (κ3) is 4.16. The first-order chi connectivity index (χ1) is 15.9. The van der Waals surface area contributed by atoms with Crippen LogP contribution in [0.3, 0.4) is 0 Å². The first-order valence-electron chi connectivity index (χ1n) is 12.0. The minimum Gasteiger partial charge on any atom is -0.441 e. The number of nitrogens with one attached hydrogen (secondary N) is 1. The molecule has 1 amide bonds. The van der Waals surface area contributed by atoms with Gasteiger partial charge in [-0.3, -0.25) is 9.89 Å². The van der Waals surface area contributed by atoms with Crippen LogP contribution in [0.5, 0.6) is 0 Å². The Morgan fingerprint density at radius 1 is 1.12 bits per heavy atom. The second kappa shape index (κ2) is 8.69. The quantitative estimate of drug-likeness (QED) is 0.725. The Morgan fingerprint density at radius 2 is 1.88 bits per heavy atom. The molecule has 1 saturated heterocycles. The van der Waals surface area contributed by atoms with Gasteiger partial charge in [0.2, 0.25) is 0 Å². The van der Waals surface area contributed by atoms with E-state index in [0.29, 0.717) is 11.7 Å². The van der Waals surface area contributed by atoms with Crippen LogP contribution < -0.4 is 11.1 Å². The van der Waals surface area contributed by atoms with Gasteiger partial charge in [0.25, 0.3) is 0 Å². The van der Waals surface area contributed by atoms with E-state index >= 15 is 0 Å². The molecule has 1 aromatic carbocycles. The molecule has 0 bridgehead atoms. The van der Waals surface area contributed by atoms with Crippen molar-refractivity contribution < 1.29 is 9.53 Å². The maximum atomic E-state index is 12.9. The minimum atomic E-state index is -0.557. The van der Waals surface area contributed by atoms with Gasteiger partial charge in [0.05, 0.1) is 11.6 Å². The van der Waals surface area contributed by atoms with Gasteiger partial charge < -0.3 is 15.8 Å². The fourth-order valence-electron chi connectivity index (χ4n) is 5.64. The number of ether oxygens (including phenoxy) is 1. The van der Waals surface area contributed by atoms with Crippen LogP contribution in [0.4, 0.5) is 10.6 Å². The molecule has 1 saturated carbocycles. The van der Waals surface area contributed by atoms with E-state index in [-0.39, 0.29) is 18.2 Å². The third-order valence-electron chi connectivity index (χ3n) is 7.27. The van der Waals surface area contributed by atoms with Crippen LogP contribution in [-0.4, -0.2) is 46.5 Å². The fourth-order valence-corrected chi connectivity index (χ4v) is 5.64. The molecular formula is C26H33N5O2. The van der Waals surface area contributed by atoms with Crippen LogP contribution in [0.2, 0.25) is 0 Å². The molecule has 2 aromatic rings. The number of pyridine rings is 1. The minimum absolute atomic E-state index is 0.0760. The maximum Gasteiger partial charge on any atom is 0.411 e. The number of cyclic esters (lactones) is 1. The molecule has 3 aliphatic rings. The van der Waals surface area contributed by atoms with Crippen LogP contribution in [-0.2, 0) is 4.74 Å². The van der Waals surface area contributed by atoms with Crippen molar-refractivity contribution in [3.05, 3.63) is 59.3 Å². The molecule has 7 heteroatoms. The lowest BCUT2D eigenvalue weighted by Gasteiger charge is -2.38. The number of amides is 1. The molecule has 174 valence electrons. The summed E-state index contributed by atoms with van der Waals surface area (Å²) >= 11 is 0. The number of benzene rings is 1. The lowest BCUT2D eigenvalue weighted by molar-refractivity contribution is 0.0664. The summed E-state index contributed by atoms with van der Waals surface area (Å²) in [6.07, 6.45) is 6.64. The van der Waals surface area contributed by atoms with Crippen LogP contribution in [0.15, 0.2) is 47.6 Å². The van der Waals surface area contributed by atoms with Gasteiger partial charge in [-0.15, -0.1) is 0 Å². The Kier molecular flexibility index (Phi) is 5.72. The third-order valence-corrected chi connectivity index (χ3v) is 7.27. The van der Waals surface area contributed by atoms with Crippen molar-refractivity contribution in [1.82, 2.24) is 15.2 Å². The molecular weight excluding hydrogens is 414 g/mol. The molecule has 7 nitrogen and oxygen atoms in total. The van der Waals surface area contributed by atoms with Gasteiger partial charge in [0, 0.05) is 25.3 Å². The molecule has 3 N–H and O–H groups in total. The summed E-state index contributed by atoms with van der Waals surface area (Å²) in [6, 6.07) is 12.5. The first kappa shape index (κ1) is 21.7. The van der Waals surface area contributed by atoms with Crippen molar-refractivity contribution in [2.24, 2.45) is 4.99 Å². The van der Waals surface area contributed by atoms with Gasteiger partial charge in [0.15, 0.2) is 0 Å². The molecule has 33 heavy (non-hydrogen) atoms. The van der Waals surface area contributed by atoms with Gasteiger partial charge in [-0.05, 0) is 69.1 Å². The second-order valence-electron chi connectivity index (χ2n) is 9.91. The Balaban J connectivity index is 1.33. The van der Waals surface area contributed by atoms with Crippen LogP contribution in [0.25, 0.3) is 0 Å². The van der Waals surface area contributed by atoms with E-state index in [9.17, 15) is 4.79 Å². The highest BCUT2D eigenvalue weighted by Crippen LogP contribution is 2.46. The van der Waals surface area contributed by atoms with Crippen LogP contribution >= 0.6 is 0 Å². The van der Waals surface area contributed by atoms with E-state index in [1.165, 1.54) is 5.56 Å². The van der Waals surface area contributed by atoms with E-state index in [4.69, 9.17) is 10.5 Å². The summed E-state index contributed by atoms with van der Waals surface area (Å²) in [5.74, 6) is 1.78. The molecule has 2 aliphatic heterocycles. The van der Waals surface area contributed by atoms with Crippen molar-refractivity contribution in [2.45, 2.75) is 69.6 Å². The van der Waals surface area contributed by atoms with Gasteiger partial charge in [-0.2, -0.15) is 0 Å². The monoisotopic (exact) mass is 447 g/mol. The SMILES string of the molecule is CC1(C)OC(=O)N([C@H]2CC[C@@H](c3cnc(N)c(C4=NCCCN4)c3)CC2)[C@H]1c1ccccc1. The zero-order valence-electron chi connectivity index (χ0n) is 19.5. The fraction of sp³-hybridized carbons (Fsp3) is 0.500. The van der Waals surface area contributed by atoms with Crippen molar-refractivity contribution >= 4 is 17.7 Å². The van der Waals surface area contributed by atoms with E-state index < -0.39 is 5.60 Å².